The monoisotopic (exact) mass is 364 g/mol. The standard InChI is InChI=1S/C20H36N4O2/c21-15-9-5-13(6-10-15)19(25)23-17-3-1-2-4-18(17)24-20(26)14-7-11-16(22)12-8-14/h13-18H,1-12,21-22H2,(H,23,25)(H,24,26). The lowest BCUT2D eigenvalue weighted by atomic mass is 9.83. The first-order chi connectivity index (χ1) is 12.5. The quantitative estimate of drug-likeness (QED) is 0.607. The predicted octanol–water partition coefficient (Wildman–Crippen LogP) is 1.57. The molecule has 26 heavy (non-hydrogen) atoms. The van der Waals surface area contributed by atoms with Gasteiger partial charge in [0.2, 0.25) is 11.8 Å². The summed E-state index contributed by atoms with van der Waals surface area (Å²) in [7, 11) is 0. The van der Waals surface area contributed by atoms with Gasteiger partial charge in [-0.3, -0.25) is 9.59 Å². The molecule has 6 N–H and O–H groups in total. The van der Waals surface area contributed by atoms with Crippen molar-refractivity contribution in [1.29, 1.82) is 0 Å². The van der Waals surface area contributed by atoms with Crippen LogP contribution in [0.1, 0.15) is 77.0 Å². The molecule has 0 bridgehead atoms. The number of hydrogen-bond donors (Lipinski definition) is 4. The summed E-state index contributed by atoms with van der Waals surface area (Å²) < 4.78 is 0. The highest BCUT2D eigenvalue weighted by atomic mass is 16.2. The maximum absolute atomic E-state index is 12.7. The van der Waals surface area contributed by atoms with Crippen molar-refractivity contribution < 1.29 is 9.59 Å². The van der Waals surface area contributed by atoms with E-state index in [0.29, 0.717) is 0 Å². The number of rotatable bonds is 4. The Balaban J connectivity index is 1.50. The second-order valence-corrected chi connectivity index (χ2v) is 8.74. The van der Waals surface area contributed by atoms with Crippen LogP contribution in [-0.4, -0.2) is 36.0 Å². The summed E-state index contributed by atoms with van der Waals surface area (Å²) in [6, 6.07) is 0.650. The van der Waals surface area contributed by atoms with Crippen molar-refractivity contribution in [2.75, 3.05) is 0 Å². The summed E-state index contributed by atoms with van der Waals surface area (Å²) in [5.41, 5.74) is 11.9. The van der Waals surface area contributed by atoms with Gasteiger partial charge in [0.05, 0.1) is 0 Å². The van der Waals surface area contributed by atoms with Crippen molar-refractivity contribution in [2.45, 2.75) is 101 Å². The van der Waals surface area contributed by atoms with Crippen molar-refractivity contribution in [3.05, 3.63) is 0 Å². The van der Waals surface area contributed by atoms with Crippen LogP contribution in [0, 0.1) is 11.8 Å². The summed E-state index contributed by atoms with van der Waals surface area (Å²) in [4.78, 5) is 25.3. The van der Waals surface area contributed by atoms with Crippen LogP contribution in [0.15, 0.2) is 0 Å². The van der Waals surface area contributed by atoms with E-state index in [1.165, 1.54) is 0 Å². The van der Waals surface area contributed by atoms with Crippen molar-refractivity contribution in [2.24, 2.45) is 23.3 Å². The molecule has 6 heteroatoms. The largest absolute Gasteiger partial charge is 0.351 e. The molecule has 2 unspecified atom stereocenters. The van der Waals surface area contributed by atoms with Gasteiger partial charge in [0.25, 0.3) is 0 Å². The highest BCUT2D eigenvalue weighted by molar-refractivity contribution is 5.80. The molecule has 3 saturated carbocycles. The van der Waals surface area contributed by atoms with Gasteiger partial charge < -0.3 is 22.1 Å². The molecule has 0 radical (unpaired) electrons. The molecule has 0 heterocycles. The van der Waals surface area contributed by atoms with Gasteiger partial charge in [0.15, 0.2) is 0 Å². The van der Waals surface area contributed by atoms with Crippen molar-refractivity contribution in [3.8, 4) is 0 Å². The molecule has 3 aliphatic carbocycles. The molecule has 2 amide bonds. The van der Waals surface area contributed by atoms with Gasteiger partial charge in [0, 0.05) is 36.0 Å². The Kier molecular flexibility index (Phi) is 6.92. The summed E-state index contributed by atoms with van der Waals surface area (Å²) in [6.45, 7) is 0. The van der Waals surface area contributed by atoms with Gasteiger partial charge in [-0.1, -0.05) is 12.8 Å². The van der Waals surface area contributed by atoms with Crippen LogP contribution in [0.4, 0.5) is 0 Å². The van der Waals surface area contributed by atoms with E-state index in [1.807, 2.05) is 0 Å². The lowest BCUT2D eigenvalue weighted by Crippen LogP contribution is -2.55. The molecule has 3 rings (SSSR count). The molecule has 148 valence electrons. The Hall–Kier alpha value is -1.14. The zero-order valence-electron chi connectivity index (χ0n) is 15.9. The zero-order valence-corrected chi connectivity index (χ0v) is 15.9. The third-order valence-corrected chi connectivity index (χ3v) is 6.71. The number of hydrogen-bond acceptors (Lipinski definition) is 4. The van der Waals surface area contributed by atoms with Gasteiger partial charge in [-0.25, -0.2) is 0 Å². The summed E-state index contributed by atoms with van der Waals surface area (Å²) in [5.74, 6) is 0.499. The minimum atomic E-state index is 0.0710. The van der Waals surface area contributed by atoms with Crippen LogP contribution in [0.25, 0.3) is 0 Å². The van der Waals surface area contributed by atoms with Crippen LogP contribution in [-0.2, 0) is 9.59 Å². The van der Waals surface area contributed by atoms with Crippen LogP contribution in [0.2, 0.25) is 0 Å². The van der Waals surface area contributed by atoms with E-state index in [0.717, 1.165) is 77.0 Å². The SMILES string of the molecule is NC1CCC(C(=O)NC2CCCCC2NC(=O)C2CCC(N)CC2)CC1. The molecule has 3 aliphatic rings. The highest BCUT2D eigenvalue weighted by Crippen LogP contribution is 2.27. The van der Waals surface area contributed by atoms with Gasteiger partial charge in [0.1, 0.15) is 0 Å². The van der Waals surface area contributed by atoms with Gasteiger partial charge >= 0.3 is 0 Å². The summed E-state index contributed by atoms with van der Waals surface area (Å²) in [5, 5.41) is 6.51. The molecule has 0 aromatic carbocycles. The third kappa shape index (κ3) is 5.19. The van der Waals surface area contributed by atoms with E-state index in [1.54, 1.807) is 0 Å². The fraction of sp³-hybridized carbons (Fsp3) is 0.900. The first-order valence-corrected chi connectivity index (χ1v) is 10.6. The van der Waals surface area contributed by atoms with Crippen molar-refractivity contribution in [1.82, 2.24) is 10.6 Å². The van der Waals surface area contributed by atoms with Crippen LogP contribution < -0.4 is 22.1 Å². The maximum atomic E-state index is 12.7. The highest BCUT2D eigenvalue weighted by Gasteiger charge is 2.33. The van der Waals surface area contributed by atoms with E-state index in [9.17, 15) is 9.59 Å². The second-order valence-electron chi connectivity index (χ2n) is 8.74. The topological polar surface area (TPSA) is 110 Å². The number of amides is 2. The van der Waals surface area contributed by atoms with E-state index in [-0.39, 0.29) is 47.8 Å². The summed E-state index contributed by atoms with van der Waals surface area (Å²) >= 11 is 0. The number of nitrogens with two attached hydrogens (primary N) is 2. The number of nitrogens with one attached hydrogen (secondary N) is 2. The Labute approximate surface area is 157 Å². The smallest absolute Gasteiger partial charge is 0.223 e. The van der Waals surface area contributed by atoms with Gasteiger partial charge in [-0.15, -0.1) is 0 Å². The Morgan fingerprint density at radius 3 is 1.27 bits per heavy atom. The maximum Gasteiger partial charge on any atom is 0.223 e. The molecule has 0 aromatic rings. The zero-order chi connectivity index (χ0) is 18.5. The number of carbonyl (C=O) groups excluding carboxylic acids is 2. The molecule has 2 atom stereocenters. The fourth-order valence-corrected chi connectivity index (χ4v) is 4.84. The Morgan fingerprint density at radius 2 is 0.923 bits per heavy atom. The Bertz CT molecular complexity index is 438. The second kappa shape index (κ2) is 9.18. The van der Waals surface area contributed by atoms with Crippen LogP contribution in [0.3, 0.4) is 0 Å². The van der Waals surface area contributed by atoms with E-state index in [2.05, 4.69) is 10.6 Å². The summed E-state index contributed by atoms with van der Waals surface area (Å²) in [6.07, 6.45) is 11.4. The average Bonchev–Trinajstić information content (AvgIpc) is 2.64. The molecule has 0 saturated heterocycles. The molecule has 0 aliphatic heterocycles. The van der Waals surface area contributed by atoms with Gasteiger partial charge in [-0.2, -0.15) is 0 Å². The number of carbonyl (C=O) groups is 2. The average molecular weight is 365 g/mol. The molecule has 6 nitrogen and oxygen atoms in total. The molecule has 0 spiro atoms. The molecular formula is C20H36N4O2. The molecule has 0 aromatic heterocycles. The minimum Gasteiger partial charge on any atom is -0.351 e. The van der Waals surface area contributed by atoms with Crippen LogP contribution in [0.5, 0.6) is 0 Å². The Morgan fingerprint density at radius 1 is 0.577 bits per heavy atom. The molecule has 3 fully saturated rings. The normalized spacial score (nSPS) is 38.4. The van der Waals surface area contributed by atoms with Gasteiger partial charge in [-0.05, 0) is 64.2 Å². The van der Waals surface area contributed by atoms with Crippen molar-refractivity contribution in [3.63, 3.8) is 0 Å². The van der Waals surface area contributed by atoms with Crippen LogP contribution >= 0.6 is 0 Å². The fourth-order valence-electron chi connectivity index (χ4n) is 4.84. The van der Waals surface area contributed by atoms with E-state index in [4.69, 9.17) is 11.5 Å². The van der Waals surface area contributed by atoms with Crippen molar-refractivity contribution >= 4 is 11.8 Å². The minimum absolute atomic E-state index is 0.0710. The first-order valence-electron chi connectivity index (χ1n) is 10.6. The lowest BCUT2D eigenvalue weighted by molar-refractivity contribution is -0.130. The van der Waals surface area contributed by atoms with E-state index >= 15 is 0 Å². The van der Waals surface area contributed by atoms with E-state index < -0.39 is 0 Å². The predicted molar refractivity (Wildman–Crippen MR) is 102 cm³/mol. The first kappa shape index (κ1) is 19.6. The molecular weight excluding hydrogens is 328 g/mol. The lowest BCUT2D eigenvalue weighted by Gasteiger charge is -2.36. The third-order valence-electron chi connectivity index (χ3n) is 6.71.